The number of rotatable bonds is 6. The Morgan fingerprint density at radius 2 is 2.50 bits per heavy atom. The number of nitrogens with two attached hydrogens (primary N) is 1. The molecule has 1 unspecified atom stereocenters. The third kappa shape index (κ3) is 3.29. The first-order valence-corrected chi connectivity index (χ1v) is 7.52. The van der Waals surface area contributed by atoms with E-state index in [0.717, 1.165) is 32.4 Å². The van der Waals surface area contributed by atoms with Gasteiger partial charge in [-0.05, 0) is 38.8 Å². The topological polar surface area (TPSA) is 59.2 Å². The molecule has 0 spiro atoms. The van der Waals surface area contributed by atoms with Crippen LogP contribution in [0.4, 0.5) is 0 Å². The van der Waals surface area contributed by atoms with Gasteiger partial charge in [-0.15, -0.1) is 11.3 Å². The summed E-state index contributed by atoms with van der Waals surface area (Å²) in [4.78, 5) is 19.1. The second kappa shape index (κ2) is 6.29. The molecule has 0 saturated carbocycles. The number of nitrogens with zero attached hydrogens (tertiary/aromatic N) is 2. The lowest BCUT2D eigenvalue weighted by atomic mass is 9.96. The highest BCUT2D eigenvalue weighted by Gasteiger charge is 2.24. The van der Waals surface area contributed by atoms with Gasteiger partial charge in [0.05, 0.1) is 11.2 Å². The van der Waals surface area contributed by atoms with Crippen LogP contribution in [0, 0.1) is 0 Å². The number of carbonyl (C=O) groups is 1. The molecule has 0 bridgehead atoms. The van der Waals surface area contributed by atoms with Crippen LogP contribution in [-0.2, 0) is 17.6 Å². The summed E-state index contributed by atoms with van der Waals surface area (Å²) >= 11 is 1.77. The summed E-state index contributed by atoms with van der Waals surface area (Å²) in [6, 6.07) is 0.607. The summed E-state index contributed by atoms with van der Waals surface area (Å²) < 4.78 is 0. The van der Waals surface area contributed by atoms with E-state index in [1.165, 1.54) is 17.0 Å². The van der Waals surface area contributed by atoms with Crippen molar-refractivity contribution in [2.24, 2.45) is 5.73 Å². The van der Waals surface area contributed by atoms with Gasteiger partial charge >= 0.3 is 0 Å². The lowest BCUT2D eigenvalue weighted by Crippen LogP contribution is -2.39. The van der Waals surface area contributed by atoms with E-state index in [-0.39, 0.29) is 5.91 Å². The number of aryl methyl sites for hydroxylation is 1. The first-order valence-electron chi connectivity index (χ1n) is 6.64. The van der Waals surface area contributed by atoms with E-state index >= 15 is 0 Å². The van der Waals surface area contributed by atoms with Crippen molar-refractivity contribution in [1.29, 1.82) is 0 Å². The van der Waals surface area contributed by atoms with Crippen molar-refractivity contribution in [3.05, 3.63) is 16.1 Å². The summed E-state index contributed by atoms with van der Waals surface area (Å²) in [7, 11) is 0. The summed E-state index contributed by atoms with van der Waals surface area (Å²) in [6.07, 6.45) is 4.76. The van der Waals surface area contributed by atoms with Crippen LogP contribution in [0.1, 0.15) is 36.8 Å². The zero-order valence-corrected chi connectivity index (χ0v) is 11.7. The Morgan fingerprint density at radius 1 is 1.67 bits per heavy atom. The molecule has 2 N–H and O–H groups in total. The molecule has 1 aliphatic rings. The molecule has 2 rings (SSSR count). The number of hydrogen-bond acceptors (Lipinski definition) is 4. The number of amides is 1. The molecule has 1 aromatic rings. The minimum atomic E-state index is -0.195. The van der Waals surface area contributed by atoms with Gasteiger partial charge in [0, 0.05) is 17.3 Å². The minimum absolute atomic E-state index is 0.195. The normalized spacial score (nSPS) is 18.9. The summed E-state index contributed by atoms with van der Waals surface area (Å²) in [5.41, 5.74) is 8.43. The van der Waals surface area contributed by atoms with Crippen molar-refractivity contribution in [1.82, 2.24) is 9.88 Å². The van der Waals surface area contributed by atoms with Crippen molar-refractivity contribution in [3.8, 4) is 0 Å². The molecule has 100 valence electrons. The van der Waals surface area contributed by atoms with Crippen LogP contribution in [-0.4, -0.2) is 34.9 Å². The maximum atomic E-state index is 10.8. The lowest BCUT2D eigenvalue weighted by molar-refractivity contribution is -0.118. The fourth-order valence-corrected chi connectivity index (χ4v) is 3.54. The molecular weight excluding hydrogens is 246 g/mol. The second-order valence-electron chi connectivity index (χ2n) is 4.82. The highest BCUT2D eigenvalue weighted by Crippen LogP contribution is 2.26. The summed E-state index contributed by atoms with van der Waals surface area (Å²) in [5, 5.41) is 0. The molecule has 1 heterocycles. The van der Waals surface area contributed by atoms with Gasteiger partial charge < -0.3 is 10.6 Å². The van der Waals surface area contributed by atoms with E-state index in [0.29, 0.717) is 12.5 Å². The second-order valence-corrected chi connectivity index (χ2v) is 5.76. The number of thiazole rings is 1. The van der Waals surface area contributed by atoms with Crippen molar-refractivity contribution in [2.75, 3.05) is 13.1 Å². The zero-order valence-electron chi connectivity index (χ0n) is 10.9. The molecule has 0 aromatic carbocycles. The highest BCUT2D eigenvalue weighted by atomic mass is 32.1. The fraction of sp³-hybridized carbons (Fsp3) is 0.692. The molecule has 4 nitrogen and oxygen atoms in total. The van der Waals surface area contributed by atoms with E-state index in [2.05, 4.69) is 16.8 Å². The Bertz CT molecular complexity index is 405. The number of hydrogen-bond donors (Lipinski definition) is 1. The Balaban J connectivity index is 1.87. The SMILES string of the molecule is CCN(CCCC(N)=O)C1CCc2ncsc2C1. The zero-order chi connectivity index (χ0) is 13.0. The Labute approximate surface area is 112 Å². The number of likely N-dealkylation sites (N-methyl/N-ethyl adjacent to an activating group) is 1. The maximum absolute atomic E-state index is 10.8. The fourth-order valence-electron chi connectivity index (χ4n) is 2.65. The minimum Gasteiger partial charge on any atom is -0.370 e. The van der Waals surface area contributed by atoms with Crippen LogP contribution in [0.5, 0.6) is 0 Å². The first kappa shape index (κ1) is 13.5. The van der Waals surface area contributed by atoms with E-state index in [1.807, 2.05) is 5.51 Å². The van der Waals surface area contributed by atoms with Gasteiger partial charge in [0.2, 0.25) is 5.91 Å². The lowest BCUT2D eigenvalue weighted by Gasteiger charge is -2.33. The quantitative estimate of drug-likeness (QED) is 0.851. The van der Waals surface area contributed by atoms with Crippen molar-refractivity contribution < 1.29 is 4.79 Å². The van der Waals surface area contributed by atoms with Gasteiger partial charge in [-0.3, -0.25) is 4.79 Å². The van der Waals surface area contributed by atoms with Crippen LogP contribution in [0.15, 0.2) is 5.51 Å². The molecular formula is C13H21N3OS. The van der Waals surface area contributed by atoms with Gasteiger partial charge in [-0.25, -0.2) is 4.98 Å². The molecule has 0 fully saturated rings. The predicted molar refractivity (Wildman–Crippen MR) is 73.6 cm³/mol. The van der Waals surface area contributed by atoms with Crippen molar-refractivity contribution in [3.63, 3.8) is 0 Å². The van der Waals surface area contributed by atoms with E-state index in [9.17, 15) is 4.79 Å². The number of fused-ring (bicyclic) bond motifs is 1. The van der Waals surface area contributed by atoms with Gasteiger partial charge in [-0.2, -0.15) is 0 Å². The monoisotopic (exact) mass is 267 g/mol. The van der Waals surface area contributed by atoms with Crippen molar-refractivity contribution in [2.45, 2.75) is 45.1 Å². The van der Waals surface area contributed by atoms with Crippen molar-refractivity contribution >= 4 is 17.2 Å². The van der Waals surface area contributed by atoms with E-state index in [4.69, 9.17) is 5.73 Å². The maximum Gasteiger partial charge on any atom is 0.217 e. The molecule has 0 aliphatic heterocycles. The summed E-state index contributed by atoms with van der Waals surface area (Å²) in [6.45, 7) is 4.20. The molecule has 1 amide bonds. The van der Waals surface area contributed by atoms with Gasteiger partial charge in [-0.1, -0.05) is 6.92 Å². The molecule has 1 aliphatic carbocycles. The first-order chi connectivity index (χ1) is 8.70. The average Bonchev–Trinajstić information content (AvgIpc) is 2.81. The number of aromatic nitrogens is 1. The van der Waals surface area contributed by atoms with Gasteiger partial charge in [0.15, 0.2) is 0 Å². The van der Waals surface area contributed by atoms with E-state index in [1.54, 1.807) is 11.3 Å². The highest BCUT2D eigenvalue weighted by molar-refractivity contribution is 7.09. The Kier molecular flexibility index (Phi) is 4.72. The van der Waals surface area contributed by atoms with Gasteiger partial charge in [0.25, 0.3) is 0 Å². The smallest absolute Gasteiger partial charge is 0.217 e. The molecule has 0 radical (unpaired) electrons. The summed E-state index contributed by atoms with van der Waals surface area (Å²) in [5.74, 6) is -0.195. The predicted octanol–water partition coefficient (Wildman–Crippen LogP) is 1.59. The number of carbonyl (C=O) groups excluding carboxylic acids is 1. The van der Waals surface area contributed by atoms with Crippen LogP contribution < -0.4 is 5.73 Å². The average molecular weight is 267 g/mol. The molecule has 18 heavy (non-hydrogen) atoms. The molecule has 5 heteroatoms. The third-order valence-corrected chi connectivity index (χ3v) is 4.55. The molecule has 1 atom stereocenters. The molecule has 0 saturated heterocycles. The third-order valence-electron chi connectivity index (χ3n) is 3.65. The Morgan fingerprint density at radius 3 is 3.22 bits per heavy atom. The van der Waals surface area contributed by atoms with Gasteiger partial charge in [0.1, 0.15) is 0 Å². The number of primary amides is 1. The van der Waals surface area contributed by atoms with Crippen LogP contribution >= 0.6 is 11.3 Å². The molecule has 1 aromatic heterocycles. The largest absolute Gasteiger partial charge is 0.370 e. The van der Waals surface area contributed by atoms with Crippen LogP contribution in [0.25, 0.3) is 0 Å². The Hall–Kier alpha value is -0.940. The van der Waals surface area contributed by atoms with Crippen LogP contribution in [0.3, 0.4) is 0 Å². The van der Waals surface area contributed by atoms with E-state index < -0.39 is 0 Å². The standard InChI is InChI=1S/C13H21N3OS/c1-2-16(7-3-4-13(14)17)10-5-6-11-12(8-10)18-9-15-11/h9-10H,2-8H2,1H3,(H2,14,17). The van der Waals surface area contributed by atoms with Crippen LogP contribution in [0.2, 0.25) is 0 Å².